The molecule has 0 unspecified atom stereocenters. The molecule has 1 N–H and O–H groups in total. The lowest BCUT2D eigenvalue weighted by Gasteiger charge is -2.33. The monoisotopic (exact) mass is 410 g/mol. The van der Waals surface area contributed by atoms with Gasteiger partial charge in [0.2, 0.25) is 0 Å². The van der Waals surface area contributed by atoms with Gasteiger partial charge in [-0.1, -0.05) is 37.5 Å². The molecule has 158 valence electrons. The number of amides is 1. The second kappa shape index (κ2) is 10.4. The Kier molecular flexibility index (Phi) is 7.37. The summed E-state index contributed by atoms with van der Waals surface area (Å²) in [5.41, 5.74) is 3.83. The molecule has 0 heterocycles. The zero-order chi connectivity index (χ0) is 21.3. The number of anilines is 1. The molecule has 0 atom stereocenters. The van der Waals surface area contributed by atoms with E-state index in [0.717, 1.165) is 18.5 Å². The quantitative estimate of drug-likeness (QED) is 0.404. The van der Waals surface area contributed by atoms with Crippen molar-refractivity contribution >= 4 is 23.5 Å². The van der Waals surface area contributed by atoms with Crippen LogP contribution in [-0.4, -0.2) is 36.7 Å². The van der Waals surface area contributed by atoms with Crippen LogP contribution in [-0.2, 0) is 4.79 Å². The van der Waals surface area contributed by atoms with Gasteiger partial charge in [-0.2, -0.15) is 5.10 Å². The fourth-order valence-electron chi connectivity index (χ4n) is 3.62. The summed E-state index contributed by atoms with van der Waals surface area (Å²) < 4.78 is 5.38. The van der Waals surface area contributed by atoms with Crippen molar-refractivity contribution in [1.29, 1.82) is 0 Å². The standard InChI is InChI=1S/C22H26N4O4/c1-25(18-8-4-2-5-9-18)21-13-12-19(26(28)29)14-17(21)15-23-24-22(27)16-30-20-10-6-3-7-11-20/h3,6-7,10-15,18H,2,4-5,8-9,16H2,1H3,(H,24,27)/b23-15+. The Morgan fingerprint density at radius 3 is 2.67 bits per heavy atom. The third-order valence-corrected chi connectivity index (χ3v) is 5.23. The van der Waals surface area contributed by atoms with Crippen LogP contribution in [0, 0.1) is 10.1 Å². The molecule has 0 aliphatic heterocycles. The van der Waals surface area contributed by atoms with E-state index >= 15 is 0 Å². The highest BCUT2D eigenvalue weighted by Gasteiger charge is 2.21. The first-order valence-electron chi connectivity index (χ1n) is 10.1. The van der Waals surface area contributed by atoms with Gasteiger partial charge in [0.1, 0.15) is 5.75 Å². The fraction of sp³-hybridized carbons (Fsp3) is 0.364. The minimum absolute atomic E-state index is 0.0176. The molecule has 30 heavy (non-hydrogen) atoms. The molecule has 2 aromatic carbocycles. The molecule has 1 aliphatic rings. The third-order valence-electron chi connectivity index (χ3n) is 5.23. The molecule has 0 aromatic heterocycles. The number of para-hydroxylation sites is 1. The van der Waals surface area contributed by atoms with Crippen LogP contribution in [0.2, 0.25) is 0 Å². The number of non-ortho nitro benzene ring substituents is 1. The number of carbonyl (C=O) groups excluding carboxylic acids is 1. The van der Waals surface area contributed by atoms with Crippen LogP contribution in [0.15, 0.2) is 53.6 Å². The number of nitrogens with zero attached hydrogens (tertiary/aromatic N) is 3. The summed E-state index contributed by atoms with van der Waals surface area (Å²) in [7, 11) is 2.00. The maximum absolute atomic E-state index is 12.0. The summed E-state index contributed by atoms with van der Waals surface area (Å²) in [5.74, 6) is 0.175. The molecule has 2 aromatic rings. The first-order valence-corrected chi connectivity index (χ1v) is 10.1. The highest BCUT2D eigenvalue weighted by atomic mass is 16.6. The van der Waals surface area contributed by atoms with Crippen molar-refractivity contribution in [2.24, 2.45) is 5.10 Å². The number of nitro groups is 1. The van der Waals surface area contributed by atoms with Crippen molar-refractivity contribution in [2.45, 2.75) is 38.1 Å². The number of hydrogen-bond acceptors (Lipinski definition) is 6. The highest BCUT2D eigenvalue weighted by Crippen LogP contribution is 2.30. The first-order chi connectivity index (χ1) is 14.5. The van der Waals surface area contributed by atoms with E-state index in [0.29, 0.717) is 17.4 Å². The zero-order valence-corrected chi connectivity index (χ0v) is 17.0. The summed E-state index contributed by atoms with van der Waals surface area (Å²) >= 11 is 0. The topological polar surface area (TPSA) is 97.1 Å². The number of nitrogens with one attached hydrogen (secondary N) is 1. The molecular weight excluding hydrogens is 384 g/mol. The Labute approximate surface area is 175 Å². The smallest absolute Gasteiger partial charge is 0.277 e. The van der Waals surface area contributed by atoms with Crippen LogP contribution in [0.4, 0.5) is 11.4 Å². The van der Waals surface area contributed by atoms with Crippen molar-refractivity contribution in [3.8, 4) is 5.75 Å². The number of benzene rings is 2. The summed E-state index contributed by atoms with van der Waals surface area (Å²) in [6.45, 7) is -0.175. The summed E-state index contributed by atoms with van der Waals surface area (Å²) in [6.07, 6.45) is 7.25. The average molecular weight is 410 g/mol. The van der Waals surface area contributed by atoms with Gasteiger partial charge in [-0.25, -0.2) is 5.43 Å². The molecule has 0 bridgehead atoms. The second-order valence-electron chi connectivity index (χ2n) is 7.30. The number of hydrazone groups is 1. The van der Waals surface area contributed by atoms with Crippen LogP contribution < -0.4 is 15.1 Å². The minimum atomic E-state index is -0.436. The van der Waals surface area contributed by atoms with Crippen molar-refractivity contribution < 1.29 is 14.5 Å². The largest absolute Gasteiger partial charge is 0.484 e. The van der Waals surface area contributed by atoms with Crippen LogP contribution >= 0.6 is 0 Å². The van der Waals surface area contributed by atoms with Crippen molar-refractivity contribution in [2.75, 3.05) is 18.6 Å². The molecule has 3 rings (SSSR count). The van der Waals surface area contributed by atoms with Gasteiger partial charge in [0.25, 0.3) is 11.6 Å². The van der Waals surface area contributed by atoms with E-state index in [1.165, 1.54) is 37.6 Å². The molecule has 1 aliphatic carbocycles. The average Bonchev–Trinajstić information content (AvgIpc) is 2.78. The summed E-state index contributed by atoms with van der Waals surface area (Å²) in [6, 6.07) is 14.1. The lowest BCUT2D eigenvalue weighted by Crippen LogP contribution is -2.34. The van der Waals surface area contributed by atoms with Crippen molar-refractivity contribution in [1.82, 2.24) is 5.43 Å². The molecule has 8 heteroatoms. The van der Waals surface area contributed by atoms with Gasteiger partial charge in [0.15, 0.2) is 6.61 Å². The number of ether oxygens (including phenoxy) is 1. The maximum atomic E-state index is 12.0. The van der Waals surface area contributed by atoms with E-state index < -0.39 is 10.8 Å². The lowest BCUT2D eigenvalue weighted by atomic mass is 9.94. The van der Waals surface area contributed by atoms with Gasteiger partial charge < -0.3 is 9.64 Å². The Morgan fingerprint density at radius 1 is 1.23 bits per heavy atom. The van der Waals surface area contributed by atoms with E-state index in [-0.39, 0.29) is 12.3 Å². The van der Waals surface area contributed by atoms with E-state index in [2.05, 4.69) is 15.4 Å². The summed E-state index contributed by atoms with van der Waals surface area (Å²) in [4.78, 5) is 24.9. The lowest BCUT2D eigenvalue weighted by molar-refractivity contribution is -0.384. The number of hydrogen-bond donors (Lipinski definition) is 1. The van der Waals surface area contributed by atoms with Gasteiger partial charge in [-0.05, 0) is 31.0 Å². The molecule has 8 nitrogen and oxygen atoms in total. The van der Waals surface area contributed by atoms with E-state index in [1.54, 1.807) is 18.2 Å². The molecule has 1 saturated carbocycles. The Hall–Kier alpha value is -3.42. The fourth-order valence-corrected chi connectivity index (χ4v) is 3.62. The van der Waals surface area contributed by atoms with Gasteiger partial charge >= 0.3 is 0 Å². The van der Waals surface area contributed by atoms with Crippen LogP contribution in [0.3, 0.4) is 0 Å². The van der Waals surface area contributed by atoms with Crippen molar-refractivity contribution in [3.63, 3.8) is 0 Å². The van der Waals surface area contributed by atoms with Crippen LogP contribution in [0.25, 0.3) is 0 Å². The first kappa shape index (κ1) is 21.3. The molecular formula is C22H26N4O4. The predicted octanol–water partition coefficient (Wildman–Crippen LogP) is 3.89. The van der Waals surface area contributed by atoms with Gasteiger partial charge in [0.05, 0.1) is 11.1 Å². The number of carbonyl (C=O) groups is 1. The van der Waals surface area contributed by atoms with Crippen LogP contribution in [0.1, 0.15) is 37.7 Å². The molecule has 1 amide bonds. The van der Waals surface area contributed by atoms with E-state index in [4.69, 9.17) is 4.74 Å². The third kappa shape index (κ3) is 5.79. The SMILES string of the molecule is CN(c1ccc([N+](=O)[O-])cc1/C=N/NC(=O)COc1ccccc1)C1CCCCC1. The predicted molar refractivity (Wildman–Crippen MR) is 116 cm³/mol. The Balaban J connectivity index is 1.68. The number of nitro benzene ring substituents is 1. The Bertz CT molecular complexity index is 895. The van der Waals surface area contributed by atoms with E-state index in [1.807, 2.05) is 25.2 Å². The van der Waals surface area contributed by atoms with Crippen molar-refractivity contribution in [3.05, 3.63) is 64.2 Å². The zero-order valence-electron chi connectivity index (χ0n) is 17.0. The van der Waals surface area contributed by atoms with Gasteiger partial charge in [0, 0.05) is 36.5 Å². The highest BCUT2D eigenvalue weighted by molar-refractivity contribution is 5.90. The molecule has 0 radical (unpaired) electrons. The van der Waals surface area contributed by atoms with Gasteiger partial charge in [-0.15, -0.1) is 0 Å². The Morgan fingerprint density at radius 2 is 1.97 bits per heavy atom. The number of rotatable bonds is 8. The molecule has 0 saturated heterocycles. The second-order valence-corrected chi connectivity index (χ2v) is 7.30. The maximum Gasteiger partial charge on any atom is 0.277 e. The van der Waals surface area contributed by atoms with E-state index in [9.17, 15) is 14.9 Å². The molecule has 0 spiro atoms. The normalized spacial score (nSPS) is 14.4. The minimum Gasteiger partial charge on any atom is -0.484 e. The van der Waals surface area contributed by atoms with Crippen LogP contribution in [0.5, 0.6) is 5.75 Å². The molecule has 1 fully saturated rings. The van der Waals surface area contributed by atoms with Gasteiger partial charge in [-0.3, -0.25) is 14.9 Å². The summed E-state index contributed by atoms with van der Waals surface area (Å²) in [5, 5.41) is 15.2.